The Morgan fingerprint density at radius 1 is 1.64 bits per heavy atom. The summed E-state index contributed by atoms with van der Waals surface area (Å²) in [4.78, 5) is 6.21. The topological polar surface area (TPSA) is 36.4 Å². The van der Waals surface area contributed by atoms with Crippen LogP contribution in [0.2, 0.25) is 5.15 Å². The van der Waals surface area contributed by atoms with Gasteiger partial charge in [-0.25, -0.2) is 4.98 Å². The Morgan fingerprint density at radius 3 is 2.71 bits per heavy atom. The second kappa shape index (κ2) is 3.36. The molecule has 0 aliphatic carbocycles. The zero-order valence-corrected chi connectivity index (χ0v) is 9.77. The lowest BCUT2D eigenvalue weighted by Gasteiger charge is -2.48. The summed E-state index contributed by atoms with van der Waals surface area (Å²) in [6, 6.07) is 0. The fourth-order valence-corrected chi connectivity index (χ4v) is 2.45. The van der Waals surface area contributed by atoms with Gasteiger partial charge in [-0.3, -0.25) is 0 Å². The maximum Gasteiger partial charge on any atom is 0.186 e. The van der Waals surface area contributed by atoms with Crippen molar-refractivity contribution in [2.45, 2.75) is 19.4 Å². The van der Waals surface area contributed by atoms with Crippen LogP contribution >= 0.6 is 22.9 Å². The molecule has 14 heavy (non-hydrogen) atoms. The van der Waals surface area contributed by atoms with Gasteiger partial charge in [0.15, 0.2) is 5.13 Å². The number of anilines is 1. The van der Waals surface area contributed by atoms with Crippen LogP contribution in [0.15, 0.2) is 5.38 Å². The van der Waals surface area contributed by atoms with Gasteiger partial charge < -0.3 is 10.0 Å². The van der Waals surface area contributed by atoms with E-state index in [-0.39, 0.29) is 5.92 Å². The van der Waals surface area contributed by atoms with Crippen molar-refractivity contribution in [1.29, 1.82) is 0 Å². The Bertz CT molecular complexity index is 333. The van der Waals surface area contributed by atoms with Crippen LogP contribution in [-0.2, 0) is 0 Å². The first-order valence-corrected chi connectivity index (χ1v) is 5.85. The molecule has 0 bridgehead atoms. The molecular formula is C9H13ClN2OS. The number of β-amino-alcohol motifs (C(OH)–C–C–N with tert-alkyl or cyclic N) is 1. The number of hydrogen-bond acceptors (Lipinski definition) is 4. The van der Waals surface area contributed by atoms with Crippen LogP contribution in [0.5, 0.6) is 0 Å². The fourth-order valence-electron chi connectivity index (χ4n) is 1.51. The summed E-state index contributed by atoms with van der Waals surface area (Å²) in [6.45, 7) is 5.39. The molecule has 1 saturated heterocycles. The normalized spacial score (nSPS) is 19.9. The van der Waals surface area contributed by atoms with E-state index in [2.05, 4.69) is 9.88 Å². The smallest absolute Gasteiger partial charge is 0.186 e. The van der Waals surface area contributed by atoms with Crippen molar-refractivity contribution in [3.05, 3.63) is 10.5 Å². The quantitative estimate of drug-likeness (QED) is 0.848. The Kier molecular flexibility index (Phi) is 2.45. The lowest BCUT2D eigenvalue weighted by atomic mass is 9.83. The van der Waals surface area contributed by atoms with E-state index in [0.717, 1.165) is 5.13 Å². The molecule has 0 aromatic carbocycles. The van der Waals surface area contributed by atoms with Crippen LogP contribution in [-0.4, -0.2) is 28.8 Å². The van der Waals surface area contributed by atoms with Gasteiger partial charge in [0.1, 0.15) is 10.8 Å². The van der Waals surface area contributed by atoms with E-state index in [1.54, 1.807) is 0 Å². The van der Waals surface area contributed by atoms with Gasteiger partial charge in [0, 0.05) is 5.38 Å². The molecule has 1 aliphatic heterocycles. The predicted molar refractivity (Wildman–Crippen MR) is 59.1 cm³/mol. The minimum atomic E-state index is -0.544. The van der Waals surface area contributed by atoms with Gasteiger partial charge in [-0.15, -0.1) is 11.3 Å². The van der Waals surface area contributed by atoms with Crippen LogP contribution in [0.3, 0.4) is 0 Å². The van der Waals surface area contributed by atoms with Gasteiger partial charge in [-0.05, 0) is 5.92 Å². The summed E-state index contributed by atoms with van der Waals surface area (Å²) in [5.41, 5.74) is -0.544. The molecule has 1 fully saturated rings. The van der Waals surface area contributed by atoms with E-state index in [1.807, 2.05) is 19.2 Å². The summed E-state index contributed by atoms with van der Waals surface area (Å²) >= 11 is 7.25. The minimum Gasteiger partial charge on any atom is -0.386 e. The molecule has 1 aliphatic rings. The second-order valence-electron chi connectivity index (χ2n) is 4.07. The van der Waals surface area contributed by atoms with Crippen molar-refractivity contribution in [2.75, 3.05) is 18.0 Å². The zero-order chi connectivity index (χ0) is 10.3. The van der Waals surface area contributed by atoms with Crippen LogP contribution in [0.1, 0.15) is 13.8 Å². The van der Waals surface area contributed by atoms with Gasteiger partial charge in [0.25, 0.3) is 0 Å². The van der Waals surface area contributed by atoms with E-state index in [4.69, 9.17) is 11.6 Å². The molecule has 5 heteroatoms. The van der Waals surface area contributed by atoms with E-state index >= 15 is 0 Å². The summed E-state index contributed by atoms with van der Waals surface area (Å²) < 4.78 is 0. The number of thiazole rings is 1. The third-order valence-corrected chi connectivity index (χ3v) is 3.96. The maximum atomic E-state index is 10.0. The summed E-state index contributed by atoms with van der Waals surface area (Å²) in [7, 11) is 0. The van der Waals surface area contributed by atoms with Crippen molar-refractivity contribution < 1.29 is 5.11 Å². The highest BCUT2D eigenvalue weighted by atomic mass is 35.5. The molecule has 1 N–H and O–H groups in total. The third-order valence-electron chi connectivity index (χ3n) is 2.74. The maximum absolute atomic E-state index is 10.0. The zero-order valence-electron chi connectivity index (χ0n) is 8.20. The van der Waals surface area contributed by atoms with Gasteiger partial charge >= 0.3 is 0 Å². The summed E-state index contributed by atoms with van der Waals surface area (Å²) in [6.07, 6.45) is 0. The van der Waals surface area contributed by atoms with Crippen LogP contribution in [0.25, 0.3) is 0 Å². The van der Waals surface area contributed by atoms with Crippen LogP contribution in [0.4, 0.5) is 5.13 Å². The number of aromatic nitrogens is 1. The first-order valence-electron chi connectivity index (χ1n) is 4.59. The van der Waals surface area contributed by atoms with Crippen molar-refractivity contribution in [2.24, 2.45) is 5.92 Å². The van der Waals surface area contributed by atoms with Crippen LogP contribution in [0, 0.1) is 5.92 Å². The summed E-state index contributed by atoms with van der Waals surface area (Å²) in [5.74, 6) is 0.286. The van der Waals surface area contributed by atoms with E-state index in [0.29, 0.717) is 18.2 Å². The Hall–Kier alpha value is -0.320. The molecule has 1 aromatic rings. The molecule has 0 radical (unpaired) electrons. The van der Waals surface area contributed by atoms with E-state index in [1.165, 1.54) is 11.3 Å². The molecule has 0 spiro atoms. The number of aliphatic hydroxyl groups is 1. The highest BCUT2D eigenvalue weighted by Crippen LogP contribution is 2.34. The standard InChI is InChI=1S/C9H13ClN2OS/c1-6(2)9(13)4-12(5-9)8-11-7(10)3-14-8/h3,6,13H,4-5H2,1-2H3. The van der Waals surface area contributed by atoms with Crippen molar-refractivity contribution >= 4 is 28.1 Å². The number of rotatable bonds is 2. The average molecular weight is 233 g/mol. The second-order valence-corrected chi connectivity index (χ2v) is 5.29. The lowest BCUT2D eigenvalue weighted by molar-refractivity contribution is -0.0300. The Labute approximate surface area is 92.3 Å². The number of hydrogen-bond donors (Lipinski definition) is 1. The highest BCUT2D eigenvalue weighted by Gasteiger charge is 2.44. The first kappa shape index (κ1) is 10.2. The molecular weight excluding hydrogens is 220 g/mol. The lowest BCUT2D eigenvalue weighted by Crippen LogP contribution is -2.64. The first-order chi connectivity index (χ1) is 6.51. The molecule has 0 amide bonds. The van der Waals surface area contributed by atoms with Gasteiger partial charge in [0.2, 0.25) is 0 Å². The number of nitrogens with zero attached hydrogens (tertiary/aromatic N) is 2. The predicted octanol–water partition coefficient (Wildman–Crippen LogP) is 2.00. The van der Waals surface area contributed by atoms with Gasteiger partial charge in [-0.1, -0.05) is 25.4 Å². The van der Waals surface area contributed by atoms with Crippen LogP contribution < -0.4 is 4.90 Å². The third kappa shape index (κ3) is 1.62. The van der Waals surface area contributed by atoms with Crippen molar-refractivity contribution in [3.63, 3.8) is 0 Å². The summed E-state index contributed by atoms with van der Waals surface area (Å²) in [5, 5.41) is 13.3. The largest absolute Gasteiger partial charge is 0.386 e. The Morgan fingerprint density at radius 2 is 2.29 bits per heavy atom. The average Bonchev–Trinajstić information content (AvgIpc) is 2.45. The van der Waals surface area contributed by atoms with Crippen molar-refractivity contribution in [3.8, 4) is 0 Å². The molecule has 1 aromatic heterocycles. The van der Waals surface area contributed by atoms with Gasteiger partial charge in [0.05, 0.1) is 13.1 Å². The van der Waals surface area contributed by atoms with Crippen molar-refractivity contribution in [1.82, 2.24) is 4.98 Å². The molecule has 0 atom stereocenters. The minimum absolute atomic E-state index is 0.286. The molecule has 2 rings (SSSR count). The molecule has 3 nitrogen and oxygen atoms in total. The monoisotopic (exact) mass is 232 g/mol. The Balaban J connectivity index is 2.01. The SMILES string of the molecule is CC(C)C1(O)CN(c2nc(Cl)cs2)C1. The fraction of sp³-hybridized carbons (Fsp3) is 0.667. The van der Waals surface area contributed by atoms with E-state index < -0.39 is 5.60 Å². The molecule has 0 saturated carbocycles. The molecule has 78 valence electrons. The number of halogens is 1. The molecule has 2 heterocycles. The van der Waals surface area contributed by atoms with Gasteiger partial charge in [-0.2, -0.15) is 0 Å². The van der Waals surface area contributed by atoms with E-state index in [9.17, 15) is 5.11 Å². The molecule has 0 unspecified atom stereocenters. The highest BCUT2D eigenvalue weighted by molar-refractivity contribution is 7.14.